The number of fused-ring (bicyclic) bond motifs is 1. The van der Waals surface area contributed by atoms with E-state index in [1.165, 1.54) is 18.3 Å². The molecule has 0 fully saturated rings. The zero-order chi connectivity index (χ0) is 25.1. The fourth-order valence-electron chi connectivity index (χ4n) is 3.84. The number of benzene rings is 2. The Hall–Kier alpha value is -3.43. The Morgan fingerprint density at radius 2 is 1.83 bits per heavy atom. The van der Waals surface area contributed by atoms with Crippen LogP contribution in [0.1, 0.15) is 37.9 Å². The molecule has 2 aromatic carbocycles. The fraction of sp³-hybridized carbons (Fsp3) is 0.231. The maximum atomic E-state index is 13.6. The number of carbonyl (C=O) groups excluding carboxylic acids is 2. The van der Waals surface area contributed by atoms with Crippen molar-refractivity contribution in [2.45, 2.75) is 31.7 Å². The standard InChI is InChI=1S/C26H24N2O5S2/c1-5-32-25(31)22-15(2)27-26-28(23(22)18-8-12-20(34-4)13-9-18)24(30)21(35-26)14-17-6-10-19(11-7-17)33-16(3)29/h6-14,23H,5H2,1-4H3/b21-14-. The van der Waals surface area contributed by atoms with E-state index in [9.17, 15) is 14.4 Å². The maximum absolute atomic E-state index is 13.6. The van der Waals surface area contributed by atoms with Gasteiger partial charge in [-0.15, -0.1) is 11.8 Å². The Morgan fingerprint density at radius 1 is 1.14 bits per heavy atom. The first-order chi connectivity index (χ1) is 16.8. The van der Waals surface area contributed by atoms with E-state index in [0.29, 0.717) is 26.4 Å². The summed E-state index contributed by atoms with van der Waals surface area (Å²) < 4.78 is 12.4. The van der Waals surface area contributed by atoms with Crippen LogP contribution in [-0.4, -0.2) is 29.4 Å². The Kier molecular flexibility index (Phi) is 7.37. The number of thioether (sulfide) groups is 1. The molecule has 35 heavy (non-hydrogen) atoms. The second kappa shape index (κ2) is 10.5. The largest absolute Gasteiger partial charge is 0.463 e. The van der Waals surface area contributed by atoms with Crippen molar-refractivity contribution in [3.8, 4) is 5.75 Å². The Bertz CT molecular complexity index is 1480. The monoisotopic (exact) mass is 508 g/mol. The van der Waals surface area contributed by atoms with E-state index in [0.717, 1.165) is 16.0 Å². The van der Waals surface area contributed by atoms with Crippen molar-refractivity contribution < 1.29 is 19.1 Å². The Labute approximate surface area is 210 Å². The lowest BCUT2D eigenvalue weighted by Crippen LogP contribution is -2.39. The maximum Gasteiger partial charge on any atom is 0.338 e. The predicted molar refractivity (Wildman–Crippen MR) is 136 cm³/mol. The summed E-state index contributed by atoms with van der Waals surface area (Å²) in [5.74, 6) is -0.452. The van der Waals surface area contributed by atoms with Crippen LogP contribution in [0.25, 0.3) is 6.08 Å². The smallest absolute Gasteiger partial charge is 0.338 e. The normalized spacial score (nSPS) is 15.4. The summed E-state index contributed by atoms with van der Waals surface area (Å²) in [6.45, 7) is 5.08. The van der Waals surface area contributed by atoms with Gasteiger partial charge in [-0.1, -0.05) is 35.6 Å². The van der Waals surface area contributed by atoms with Crippen molar-refractivity contribution in [1.82, 2.24) is 4.57 Å². The van der Waals surface area contributed by atoms with Gasteiger partial charge in [0.25, 0.3) is 5.56 Å². The summed E-state index contributed by atoms with van der Waals surface area (Å²) in [6, 6.07) is 14.0. The average Bonchev–Trinajstić information content (AvgIpc) is 3.13. The van der Waals surface area contributed by atoms with Crippen molar-refractivity contribution >= 4 is 41.1 Å². The molecule has 0 spiro atoms. The van der Waals surface area contributed by atoms with Crippen molar-refractivity contribution in [1.29, 1.82) is 0 Å². The molecule has 1 aliphatic rings. The molecule has 7 nitrogen and oxygen atoms in total. The highest BCUT2D eigenvalue weighted by Crippen LogP contribution is 2.31. The van der Waals surface area contributed by atoms with E-state index in [1.807, 2.05) is 30.5 Å². The van der Waals surface area contributed by atoms with Gasteiger partial charge in [-0.3, -0.25) is 14.2 Å². The summed E-state index contributed by atoms with van der Waals surface area (Å²) in [4.78, 5) is 43.9. The van der Waals surface area contributed by atoms with Crippen LogP contribution < -0.4 is 19.6 Å². The lowest BCUT2D eigenvalue weighted by molar-refractivity contribution is -0.139. The Morgan fingerprint density at radius 3 is 2.43 bits per heavy atom. The number of esters is 2. The van der Waals surface area contributed by atoms with Crippen LogP contribution in [0.4, 0.5) is 0 Å². The van der Waals surface area contributed by atoms with Gasteiger partial charge >= 0.3 is 11.9 Å². The minimum atomic E-state index is -0.644. The third-order valence-electron chi connectivity index (χ3n) is 5.39. The van der Waals surface area contributed by atoms with E-state index in [2.05, 4.69) is 4.99 Å². The minimum Gasteiger partial charge on any atom is -0.463 e. The third kappa shape index (κ3) is 5.16. The summed E-state index contributed by atoms with van der Waals surface area (Å²) >= 11 is 2.88. The summed E-state index contributed by atoms with van der Waals surface area (Å²) in [5.41, 5.74) is 2.22. The number of hydrogen-bond acceptors (Lipinski definition) is 8. The number of hydrogen-bond donors (Lipinski definition) is 0. The number of thiazole rings is 1. The average molecular weight is 509 g/mol. The molecule has 0 bridgehead atoms. The van der Waals surface area contributed by atoms with Gasteiger partial charge in [-0.25, -0.2) is 9.79 Å². The van der Waals surface area contributed by atoms with Gasteiger partial charge < -0.3 is 9.47 Å². The first kappa shape index (κ1) is 24.7. The molecule has 9 heteroatoms. The molecule has 0 saturated carbocycles. The van der Waals surface area contributed by atoms with Crippen LogP contribution in [0.15, 0.2) is 74.5 Å². The zero-order valence-electron chi connectivity index (χ0n) is 19.7. The van der Waals surface area contributed by atoms with Crippen LogP contribution in [0.5, 0.6) is 5.75 Å². The molecular weight excluding hydrogens is 484 g/mol. The first-order valence-corrected chi connectivity index (χ1v) is 13.0. The summed E-state index contributed by atoms with van der Waals surface area (Å²) in [7, 11) is 0. The van der Waals surface area contributed by atoms with E-state index in [4.69, 9.17) is 9.47 Å². The molecule has 0 radical (unpaired) electrons. The van der Waals surface area contributed by atoms with Gasteiger partial charge in [-0.2, -0.15) is 0 Å². The second-order valence-corrected chi connectivity index (χ2v) is 9.63. The number of nitrogens with zero attached hydrogens (tertiary/aromatic N) is 2. The van der Waals surface area contributed by atoms with E-state index in [-0.39, 0.29) is 12.2 Å². The highest BCUT2D eigenvalue weighted by atomic mass is 32.2. The fourth-order valence-corrected chi connectivity index (χ4v) is 5.30. The number of rotatable bonds is 6. The quantitative estimate of drug-likeness (QED) is 0.288. The second-order valence-electron chi connectivity index (χ2n) is 7.74. The molecule has 0 saturated heterocycles. The van der Waals surface area contributed by atoms with E-state index < -0.39 is 18.0 Å². The molecule has 0 aliphatic carbocycles. The molecule has 1 atom stereocenters. The number of allylic oxidation sites excluding steroid dienone is 1. The highest BCUT2D eigenvalue weighted by molar-refractivity contribution is 7.98. The Balaban J connectivity index is 1.85. The SMILES string of the molecule is CCOC(=O)C1=C(C)N=c2s/c(=C\c3ccc(OC(C)=O)cc3)c(=O)n2C1c1ccc(SC)cc1. The topological polar surface area (TPSA) is 87.0 Å². The lowest BCUT2D eigenvalue weighted by Gasteiger charge is -2.24. The highest BCUT2D eigenvalue weighted by Gasteiger charge is 2.33. The zero-order valence-corrected chi connectivity index (χ0v) is 21.4. The molecule has 0 amide bonds. The van der Waals surface area contributed by atoms with Crippen LogP contribution in [-0.2, 0) is 14.3 Å². The molecule has 0 N–H and O–H groups in total. The number of aromatic nitrogens is 1. The van der Waals surface area contributed by atoms with Crippen molar-refractivity contribution in [2.75, 3.05) is 12.9 Å². The predicted octanol–water partition coefficient (Wildman–Crippen LogP) is 3.45. The van der Waals surface area contributed by atoms with Gasteiger partial charge in [0, 0.05) is 11.8 Å². The molecule has 1 aromatic heterocycles. The molecule has 2 heterocycles. The van der Waals surface area contributed by atoms with E-state index >= 15 is 0 Å². The van der Waals surface area contributed by atoms with Gasteiger partial charge in [0.2, 0.25) is 0 Å². The first-order valence-electron chi connectivity index (χ1n) is 10.9. The van der Waals surface area contributed by atoms with Crippen LogP contribution in [0.2, 0.25) is 0 Å². The lowest BCUT2D eigenvalue weighted by atomic mass is 9.96. The van der Waals surface area contributed by atoms with Gasteiger partial charge in [0.15, 0.2) is 4.80 Å². The molecule has 1 aliphatic heterocycles. The van der Waals surface area contributed by atoms with Crippen molar-refractivity contribution in [3.63, 3.8) is 0 Å². The van der Waals surface area contributed by atoms with Crippen molar-refractivity contribution in [3.05, 3.63) is 90.6 Å². The molecule has 4 rings (SSSR count). The van der Waals surface area contributed by atoms with Crippen LogP contribution >= 0.6 is 23.1 Å². The summed E-state index contributed by atoms with van der Waals surface area (Å²) in [5, 5.41) is 0. The third-order valence-corrected chi connectivity index (χ3v) is 7.11. The van der Waals surface area contributed by atoms with Crippen molar-refractivity contribution in [2.24, 2.45) is 4.99 Å². The van der Waals surface area contributed by atoms with Crippen LogP contribution in [0, 0.1) is 0 Å². The van der Waals surface area contributed by atoms with Gasteiger partial charge in [0.05, 0.1) is 28.5 Å². The van der Waals surface area contributed by atoms with Crippen LogP contribution in [0.3, 0.4) is 0 Å². The van der Waals surface area contributed by atoms with E-state index in [1.54, 1.807) is 60.5 Å². The summed E-state index contributed by atoms with van der Waals surface area (Å²) in [6.07, 6.45) is 3.75. The molecule has 1 unspecified atom stereocenters. The minimum absolute atomic E-state index is 0.224. The number of carbonyl (C=O) groups is 2. The number of ether oxygens (including phenoxy) is 2. The molecule has 180 valence electrons. The molecular formula is C26H24N2O5S2. The van der Waals surface area contributed by atoms with Gasteiger partial charge in [-0.05, 0) is 61.6 Å². The molecule has 3 aromatic rings. The van der Waals surface area contributed by atoms with Gasteiger partial charge in [0.1, 0.15) is 5.75 Å².